The number of nitro groups is 1. The zero-order valence-electron chi connectivity index (χ0n) is 9.69. The summed E-state index contributed by atoms with van der Waals surface area (Å²) in [4.78, 5) is 28.3. The number of aromatic nitrogens is 2. The van der Waals surface area contributed by atoms with E-state index in [-0.39, 0.29) is 16.5 Å². The lowest BCUT2D eigenvalue weighted by Gasteiger charge is -2.05. The van der Waals surface area contributed by atoms with Crippen molar-refractivity contribution in [3.8, 4) is 11.6 Å². The Balaban J connectivity index is 2.44. The summed E-state index contributed by atoms with van der Waals surface area (Å²) in [5.74, 6) is -1.66. The van der Waals surface area contributed by atoms with Crippen LogP contribution in [-0.2, 0) is 0 Å². The van der Waals surface area contributed by atoms with Gasteiger partial charge in [-0.3, -0.25) is 15.1 Å². The number of rotatable bonds is 4. The molecule has 2 heterocycles. The molecule has 9 heteroatoms. The van der Waals surface area contributed by atoms with Gasteiger partial charge in [0, 0.05) is 18.3 Å². The molecule has 0 aliphatic carbocycles. The van der Waals surface area contributed by atoms with E-state index in [4.69, 9.17) is 21.4 Å². The molecule has 0 amide bonds. The lowest BCUT2D eigenvalue weighted by atomic mass is 10.3. The molecule has 0 spiro atoms. The van der Waals surface area contributed by atoms with Crippen molar-refractivity contribution in [3.05, 3.63) is 51.4 Å². The molecule has 2 aromatic heterocycles. The Kier molecular flexibility index (Phi) is 3.76. The summed E-state index contributed by atoms with van der Waals surface area (Å²) in [5, 5.41) is 19.9. The number of aromatic carboxylic acids is 1. The quantitative estimate of drug-likeness (QED) is 0.680. The Labute approximate surface area is 116 Å². The monoisotopic (exact) mass is 295 g/mol. The van der Waals surface area contributed by atoms with E-state index in [1.165, 1.54) is 18.5 Å². The first-order chi connectivity index (χ1) is 9.47. The van der Waals surface area contributed by atoms with E-state index in [0.29, 0.717) is 0 Å². The van der Waals surface area contributed by atoms with Gasteiger partial charge in [0.1, 0.15) is 5.75 Å². The lowest BCUT2D eigenvalue weighted by molar-refractivity contribution is -0.386. The van der Waals surface area contributed by atoms with Gasteiger partial charge in [0.25, 0.3) is 0 Å². The minimum absolute atomic E-state index is 0.107. The maximum absolute atomic E-state index is 10.9. The third-order valence-electron chi connectivity index (χ3n) is 2.15. The number of carboxylic acid groups (broad SMARTS) is 1. The van der Waals surface area contributed by atoms with Gasteiger partial charge < -0.3 is 9.84 Å². The lowest BCUT2D eigenvalue weighted by Crippen LogP contribution is -2.04. The van der Waals surface area contributed by atoms with E-state index in [1.54, 1.807) is 0 Å². The van der Waals surface area contributed by atoms with Crippen LogP contribution < -0.4 is 4.74 Å². The molecule has 102 valence electrons. The Morgan fingerprint density at radius 3 is 2.75 bits per heavy atom. The molecule has 0 aliphatic rings. The summed E-state index contributed by atoms with van der Waals surface area (Å²) in [6.45, 7) is 0. The topological polar surface area (TPSA) is 115 Å². The van der Waals surface area contributed by atoms with Gasteiger partial charge in [0.05, 0.1) is 16.1 Å². The van der Waals surface area contributed by atoms with E-state index in [9.17, 15) is 14.9 Å². The van der Waals surface area contributed by atoms with Crippen molar-refractivity contribution in [3.63, 3.8) is 0 Å². The molecular weight excluding hydrogens is 290 g/mol. The van der Waals surface area contributed by atoms with Crippen LogP contribution >= 0.6 is 11.6 Å². The molecule has 0 aromatic carbocycles. The van der Waals surface area contributed by atoms with E-state index in [0.717, 1.165) is 12.1 Å². The first-order valence-corrected chi connectivity index (χ1v) is 5.52. The first-order valence-electron chi connectivity index (χ1n) is 5.14. The SMILES string of the molecule is O=C(O)c1ccc([N+](=O)[O-])c(Oc2cncc(Cl)c2)n1. The molecule has 0 fully saturated rings. The molecule has 0 bridgehead atoms. The summed E-state index contributed by atoms with van der Waals surface area (Å²) in [6.07, 6.45) is 2.62. The fourth-order valence-corrected chi connectivity index (χ4v) is 1.49. The van der Waals surface area contributed by atoms with Gasteiger partial charge in [0.2, 0.25) is 0 Å². The van der Waals surface area contributed by atoms with E-state index >= 15 is 0 Å². The number of hydrogen-bond acceptors (Lipinski definition) is 6. The summed E-state index contributed by atoms with van der Waals surface area (Å²) in [6, 6.07) is 3.39. The van der Waals surface area contributed by atoms with Crippen LogP contribution in [0, 0.1) is 10.1 Å². The Bertz CT molecular complexity index is 692. The first kappa shape index (κ1) is 13.7. The Morgan fingerprint density at radius 1 is 1.40 bits per heavy atom. The normalized spacial score (nSPS) is 10.1. The second-order valence-electron chi connectivity index (χ2n) is 3.52. The van der Waals surface area contributed by atoms with E-state index in [2.05, 4.69) is 9.97 Å². The van der Waals surface area contributed by atoms with Gasteiger partial charge >= 0.3 is 17.5 Å². The van der Waals surface area contributed by atoms with Gasteiger partial charge in [-0.2, -0.15) is 4.98 Å². The van der Waals surface area contributed by atoms with Crippen LogP contribution in [0.3, 0.4) is 0 Å². The maximum atomic E-state index is 10.9. The number of nitrogens with zero attached hydrogens (tertiary/aromatic N) is 3. The Morgan fingerprint density at radius 2 is 2.15 bits per heavy atom. The van der Waals surface area contributed by atoms with Crippen LogP contribution in [0.5, 0.6) is 11.6 Å². The maximum Gasteiger partial charge on any atom is 0.354 e. The van der Waals surface area contributed by atoms with Crippen molar-refractivity contribution < 1.29 is 19.6 Å². The fraction of sp³-hybridized carbons (Fsp3) is 0. The highest BCUT2D eigenvalue weighted by Gasteiger charge is 2.20. The zero-order chi connectivity index (χ0) is 14.7. The number of carboxylic acids is 1. The standard InChI is InChI=1S/C11H6ClN3O5/c12-6-3-7(5-13-4-6)20-10-9(15(18)19)2-1-8(14-10)11(16)17/h1-5H,(H,16,17). The smallest absolute Gasteiger partial charge is 0.354 e. The highest BCUT2D eigenvalue weighted by Crippen LogP contribution is 2.30. The highest BCUT2D eigenvalue weighted by molar-refractivity contribution is 6.30. The predicted octanol–water partition coefficient (Wildman–Crippen LogP) is 2.53. The molecule has 2 rings (SSSR count). The van der Waals surface area contributed by atoms with Gasteiger partial charge in [-0.25, -0.2) is 4.79 Å². The van der Waals surface area contributed by atoms with Crippen molar-refractivity contribution in [2.24, 2.45) is 0 Å². The molecule has 8 nitrogen and oxygen atoms in total. The van der Waals surface area contributed by atoms with Gasteiger partial charge in [0.15, 0.2) is 5.69 Å². The summed E-state index contributed by atoms with van der Waals surface area (Å²) >= 11 is 5.70. The largest absolute Gasteiger partial charge is 0.477 e. The van der Waals surface area contributed by atoms with Crippen molar-refractivity contribution in [1.29, 1.82) is 0 Å². The van der Waals surface area contributed by atoms with Crippen LogP contribution in [0.2, 0.25) is 5.02 Å². The number of ether oxygens (including phenoxy) is 1. The van der Waals surface area contributed by atoms with Crippen LogP contribution in [-0.4, -0.2) is 26.0 Å². The highest BCUT2D eigenvalue weighted by atomic mass is 35.5. The van der Waals surface area contributed by atoms with Crippen molar-refractivity contribution >= 4 is 23.3 Å². The summed E-state index contributed by atoms with van der Waals surface area (Å²) in [5.41, 5.74) is -0.837. The minimum Gasteiger partial charge on any atom is -0.477 e. The zero-order valence-corrected chi connectivity index (χ0v) is 10.4. The van der Waals surface area contributed by atoms with Crippen molar-refractivity contribution in [1.82, 2.24) is 9.97 Å². The number of carbonyl (C=O) groups is 1. The summed E-state index contributed by atoms with van der Waals surface area (Å²) in [7, 11) is 0. The molecule has 2 aromatic rings. The summed E-state index contributed by atoms with van der Waals surface area (Å²) < 4.78 is 5.18. The number of hydrogen-bond donors (Lipinski definition) is 1. The van der Waals surface area contributed by atoms with Crippen LogP contribution in [0.1, 0.15) is 10.5 Å². The minimum atomic E-state index is -1.33. The number of halogens is 1. The van der Waals surface area contributed by atoms with Crippen molar-refractivity contribution in [2.75, 3.05) is 0 Å². The van der Waals surface area contributed by atoms with Crippen molar-refractivity contribution in [2.45, 2.75) is 0 Å². The molecule has 1 N–H and O–H groups in total. The Hall–Kier alpha value is -2.74. The van der Waals surface area contributed by atoms with Crippen LogP contribution in [0.25, 0.3) is 0 Å². The molecule has 0 aliphatic heterocycles. The third-order valence-corrected chi connectivity index (χ3v) is 2.36. The van der Waals surface area contributed by atoms with E-state index in [1.807, 2.05) is 0 Å². The number of pyridine rings is 2. The van der Waals surface area contributed by atoms with E-state index < -0.39 is 22.5 Å². The van der Waals surface area contributed by atoms with Gasteiger partial charge in [-0.1, -0.05) is 11.6 Å². The molecule has 0 unspecified atom stereocenters. The van der Waals surface area contributed by atoms with Crippen LogP contribution in [0.4, 0.5) is 5.69 Å². The fourth-order valence-electron chi connectivity index (χ4n) is 1.33. The molecule has 0 saturated carbocycles. The molecule has 0 atom stereocenters. The second-order valence-corrected chi connectivity index (χ2v) is 3.96. The third kappa shape index (κ3) is 2.98. The van der Waals surface area contributed by atoms with Gasteiger partial charge in [-0.05, 0) is 6.07 Å². The molecule has 20 heavy (non-hydrogen) atoms. The molecule has 0 saturated heterocycles. The van der Waals surface area contributed by atoms with Crippen LogP contribution in [0.15, 0.2) is 30.6 Å². The molecular formula is C11H6ClN3O5. The predicted molar refractivity (Wildman–Crippen MR) is 67.2 cm³/mol. The second kappa shape index (κ2) is 5.49. The molecule has 0 radical (unpaired) electrons. The van der Waals surface area contributed by atoms with Gasteiger partial charge in [-0.15, -0.1) is 0 Å². The average molecular weight is 296 g/mol. The average Bonchev–Trinajstić information content (AvgIpc) is 2.38.